The van der Waals surface area contributed by atoms with Gasteiger partial charge in [0, 0.05) is 11.8 Å². The molecule has 1 aromatic heterocycles. The molecule has 0 fully saturated rings. The Morgan fingerprint density at radius 1 is 0.833 bits per heavy atom. The molecule has 0 atom stereocenters. The molecule has 0 aliphatic rings. The van der Waals surface area contributed by atoms with Gasteiger partial charge in [-0.1, -0.05) is 0 Å². The standard InChI is InChI=1S/C21H22N2O6S/c1-26-15-7-9-16(10-8-15)30(24,25)23-17-6-5-11-22-20(17)14-12-18(27-2)21(29-4)19(13-14)28-3/h5-13,23H,1-4H3. The monoisotopic (exact) mass is 430 g/mol. The highest BCUT2D eigenvalue weighted by atomic mass is 32.2. The SMILES string of the molecule is COc1ccc(S(=O)(=O)Nc2cccnc2-c2cc(OC)c(OC)c(OC)c2)cc1. The number of methoxy groups -OCH3 is 4. The highest BCUT2D eigenvalue weighted by molar-refractivity contribution is 7.92. The van der Waals surface area contributed by atoms with Crippen molar-refractivity contribution < 1.29 is 27.4 Å². The quantitative estimate of drug-likeness (QED) is 0.583. The molecule has 0 aliphatic carbocycles. The number of hydrogen-bond donors (Lipinski definition) is 1. The first-order valence-corrected chi connectivity index (χ1v) is 10.3. The Labute approximate surface area is 175 Å². The third-order valence-corrected chi connectivity index (χ3v) is 5.74. The van der Waals surface area contributed by atoms with Gasteiger partial charge in [-0.3, -0.25) is 9.71 Å². The molecule has 0 spiro atoms. The number of pyridine rings is 1. The van der Waals surface area contributed by atoms with E-state index in [-0.39, 0.29) is 4.90 Å². The largest absolute Gasteiger partial charge is 0.497 e. The van der Waals surface area contributed by atoms with E-state index < -0.39 is 10.0 Å². The van der Waals surface area contributed by atoms with Gasteiger partial charge in [-0.25, -0.2) is 8.42 Å². The summed E-state index contributed by atoms with van der Waals surface area (Å²) in [6.07, 6.45) is 1.57. The zero-order valence-corrected chi connectivity index (χ0v) is 17.8. The molecule has 0 aliphatic heterocycles. The molecular formula is C21H22N2O6S. The second-order valence-corrected chi connectivity index (χ2v) is 7.78. The molecule has 1 heterocycles. The normalized spacial score (nSPS) is 10.9. The Bertz CT molecular complexity index is 1110. The predicted molar refractivity (Wildman–Crippen MR) is 113 cm³/mol. The lowest BCUT2D eigenvalue weighted by atomic mass is 10.1. The number of aromatic nitrogens is 1. The van der Waals surface area contributed by atoms with Crippen LogP contribution in [0.4, 0.5) is 5.69 Å². The molecule has 0 amide bonds. The van der Waals surface area contributed by atoms with Gasteiger partial charge in [0.2, 0.25) is 5.75 Å². The van der Waals surface area contributed by atoms with E-state index in [1.807, 2.05) is 0 Å². The minimum Gasteiger partial charge on any atom is -0.497 e. The Morgan fingerprint density at radius 3 is 2.00 bits per heavy atom. The molecule has 30 heavy (non-hydrogen) atoms. The molecule has 3 aromatic rings. The fraction of sp³-hybridized carbons (Fsp3) is 0.190. The topological polar surface area (TPSA) is 96.0 Å². The number of rotatable bonds is 8. The van der Waals surface area contributed by atoms with Gasteiger partial charge in [0.25, 0.3) is 10.0 Å². The minimum atomic E-state index is -3.85. The van der Waals surface area contributed by atoms with Crippen LogP contribution in [0.15, 0.2) is 59.6 Å². The number of benzene rings is 2. The zero-order chi connectivity index (χ0) is 21.7. The van der Waals surface area contributed by atoms with Gasteiger partial charge in [-0.05, 0) is 48.5 Å². The molecule has 0 radical (unpaired) electrons. The van der Waals surface area contributed by atoms with Gasteiger partial charge in [-0.2, -0.15) is 0 Å². The van der Waals surface area contributed by atoms with Crippen molar-refractivity contribution in [1.29, 1.82) is 0 Å². The number of nitrogens with one attached hydrogen (secondary N) is 1. The third kappa shape index (κ3) is 4.25. The van der Waals surface area contributed by atoms with E-state index in [1.54, 1.807) is 42.6 Å². The number of nitrogens with zero attached hydrogens (tertiary/aromatic N) is 1. The number of hydrogen-bond acceptors (Lipinski definition) is 7. The minimum absolute atomic E-state index is 0.1000. The van der Waals surface area contributed by atoms with Crippen molar-refractivity contribution in [3.8, 4) is 34.3 Å². The van der Waals surface area contributed by atoms with Crippen LogP contribution in [-0.4, -0.2) is 41.8 Å². The molecule has 2 aromatic carbocycles. The van der Waals surface area contributed by atoms with E-state index >= 15 is 0 Å². The van der Waals surface area contributed by atoms with Crippen LogP contribution in [0, 0.1) is 0 Å². The van der Waals surface area contributed by atoms with Crippen LogP contribution < -0.4 is 23.7 Å². The van der Waals surface area contributed by atoms with E-state index in [9.17, 15) is 8.42 Å². The fourth-order valence-electron chi connectivity index (χ4n) is 2.89. The summed E-state index contributed by atoms with van der Waals surface area (Å²) in [6, 6.07) is 12.8. The van der Waals surface area contributed by atoms with Crippen LogP contribution in [0.1, 0.15) is 0 Å². The van der Waals surface area contributed by atoms with E-state index in [2.05, 4.69) is 9.71 Å². The van der Waals surface area contributed by atoms with Gasteiger partial charge in [0.1, 0.15) is 5.75 Å². The van der Waals surface area contributed by atoms with Crippen molar-refractivity contribution in [3.63, 3.8) is 0 Å². The van der Waals surface area contributed by atoms with E-state index in [0.29, 0.717) is 39.9 Å². The molecule has 0 saturated heterocycles. The molecule has 0 bridgehead atoms. The second-order valence-electron chi connectivity index (χ2n) is 6.09. The lowest BCUT2D eigenvalue weighted by Crippen LogP contribution is -2.14. The van der Waals surface area contributed by atoms with Crippen LogP contribution in [0.5, 0.6) is 23.0 Å². The maximum atomic E-state index is 12.9. The summed E-state index contributed by atoms with van der Waals surface area (Å²) in [5.41, 5.74) is 1.31. The first-order chi connectivity index (χ1) is 14.4. The maximum absolute atomic E-state index is 12.9. The fourth-order valence-corrected chi connectivity index (χ4v) is 3.96. The molecule has 0 unspecified atom stereocenters. The molecule has 158 valence electrons. The Kier molecular flexibility index (Phi) is 6.31. The van der Waals surface area contributed by atoms with Crippen molar-refractivity contribution in [2.24, 2.45) is 0 Å². The average molecular weight is 430 g/mol. The summed E-state index contributed by atoms with van der Waals surface area (Å²) >= 11 is 0. The average Bonchev–Trinajstić information content (AvgIpc) is 2.78. The molecular weight excluding hydrogens is 408 g/mol. The summed E-state index contributed by atoms with van der Waals surface area (Å²) < 4.78 is 49.6. The number of sulfonamides is 1. The smallest absolute Gasteiger partial charge is 0.261 e. The Balaban J connectivity index is 2.04. The highest BCUT2D eigenvalue weighted by Crippen LogP contribution is 2.42. The lowest BCUT2D eigenvalue weighted by Gasteiger charge is -2.16. The summed E-state index contributed by atoms with van der Waals surface area (Å²) in [5.74, 6) is 1.86. The van der Waals surface area contributed by atoms with Gasteiger partial charge >= 0.3 is 0 Å². The van der Waals surface area contributed by atoms with Gasteiger partial charge in [-0.15, -0.1) is 0 Å². The van der Waals surface area contributed by atoms with E-state index in [0.717, 1.165) is 0 Å². The van der Waals surface area contributed by atoms with Gasteiger partial charge in [0.05, 0.1) is 44.7 Å². The molecule has 0 saturated carbocycles. The van der Waals surface area contributed by atoms with E-state index in [1.165, 1.54) is 40.6 Å². The second kappa shape index (κ2) is 8.91. The van der Waals surface area contributed by atoms with Crippen molar-refractivity contribution in [2.75, 3.05) is 33.2 Å². The first-order valence-electron chi connectivity index (χ1n) is 8.85. The summed E-state index contributed by atoms with van der Waals surface area (Å²) in [7, 11) is 2.19. The Hall–Kier alpha value is -3.46. The number of ether oxygens (including phenoxy) is 4. The zero-order valence-electron chi connectivity index (χ0n) is 17.0. The molecule has 1 N–H and O–H groups in total. The van der Waals surface area contributed by atoms with E-state index in [4.69, 9.17) is 18.9 Å². The number of anilines is 1. The maximum Gasteiger partial charge on any atom is 0.261 e. The summed E-state index contributed by atoms with van der Waals surface area (Å²) in [6.45, 7) is 0. The summed E-state index contributed by atoms with van der Waals surface area (Å²) in [4.78, 5) is 4.46. The van der Waals surface area contributed by atoms with Crippen LogP contribution >= 0.6 is 0 Å². The predicted octanol–water partition coefficient (Wildman–Crippen LogP) is 3.58. The van der Waals surface area contributed by atoms with Crippen molar-refractivity contribution >= 4 is 15.7 Å². The van der Waals surface area contributed by atoms with Crippen LogP contribution in [0.25, 0.3) is 11.3 Å². The Morgan fingerprint density at radius 2 is 1.47 bits per heavy atom. The van der Waals surface area contributed by atoms with Crippen molar-refractivity contribution in [1.82, 2.24) is 4.98 Å². The molecule has 3 rings (SSSR count). The highest BCUT2D eigenvalue weighted by Gasteiger charge is 2.20. The first kappa shape index (κ1) is 21.3. The van der Waals surface area contributed by atoms with Crippen LogP contribution in [0.2, 0.25) is 0 Å². The van der Waals surface area contributed by atoms with Crippen molar-refractivity contribution in [2.45, 2.75) is 4.90 Å². The van der Waals surface area contributed by atoms with Gasteiger partial charge < -0.3 is 18.9 Å². The van der Waals surface area contributed by atoms with Crippen molar-refractivity contribution in [3.05, 3.63) is 54.7 Å². The molecule has 8 nitrogen and oxygen atoms in total. The lowest BCUT2D eigenvalue weighted by molar-refractivity contribution is 0.324. The summed E-state index contributed by atoms with van der Waals surface area (Å²) in [5, 5.41) is 0. The van der Waals surface area contributed by atoms with Gasteiger partial charge in [0.15, 0.2) is 11.5 Å². The molecule has 9 heteroatoms. The van der Waals surface area contributed by atoms with Crippen LogP contribution in [0.3, 0.4) is 0 Å². The van der Waals surface area contributed by atoms with Crippen LogP contribution in [-0.2, 0) is 10.0 Å². The third-order valence-electron chi connectivity index (χ3n) is 4.36.